The molecule has 15 heteroatoms. The Balaban J connectivity index is 1.51. The number of carbonyl (C=O) groups excluding carboxylic acids is 2. The van der Waals surface area contributed by atoms with Crippen LogP contribution in [0.15, 0.2) is 30.9 Å². The Kier molecular flexibility index (Phi) is 7.41. The molecule has 2 amide bonds. The number of hydrogen-bond donors (Lipinski definition) is 2. The third-order valence-corrected chi connectivity index (χ3v) is 4.49. The summed E-state index contributed by atoms with van der Waals surface area (Å²) in [7, 11) is 0. The molecule has 3 rings (SSSR count). The first-order valence-corrected chi connectivity index (χ1v) is 9.92. The zero-order valence-corrected chi connectivity index (χ0v) is 17.4. The molecule has 3 aromatic heterocycles. The first kappa shape index (κ1) is 25.0. The Bertz CT molecular complexity index is 1150. The number of carbonyl (C=O) groups is 2. The van der Waals surface area contributed by atoms with E-state index in [0.29, 0.717) is 11.4 Å². The minimum absolute atomic E-state index is 0.000560. The predicted molar refractivity (Wildman–Crippen MR) is 104 cm³/mol. The summed E-state index contributed by atoms with van der Waals surface area (Å²) in [5.74, 6) is -1.07. The van der Waals surface area contributed by atoms with Gasteiger partial charge in [-0.05, 0) is 6.07 Å². The first-order chi connectivity index (χ1) is 15.9. The summed E-state index contributed by atoms with van der Waals surface area (Å²) in [6.07, 6.45) is -6.16. The Morgan fingerprint density at radius 2 is 1.59 bits per heavy atom. The third kappa shape index (κ3) is 7.74. The molecular formula is C19H19F6N7O2. The molecule has 0 unspecified atom stereocenters. The number of alkyl halides is 6. The molecule has 0 atom stereocenters. The van der Waals surface area contributed by atoms with Crippen LogP contribution < -0.4 is 10.6 Å². The molecule has 3 heterocycles. The van der Waals surface area contributed by atoms with Crippen LogP contribution in [-0.2, 0) is 24.4 Å². The van der Waals surface area contributed by atoms with Crippen molar-refractivity contribution in [3.8, 4) is 0 Å². The van der Waals surface area contributed by atoms with Gasteiger partial charge >= 0.3 is 12.4 Å². The lowest BCUT2D eigenvalue weighted by Gasteiger charge is -2.07. The van der Waals surface area contributed by atoms with Crippen molar-refractivity contribution in [2.24, 2.45) is 0 Å². The number of aryl methyl sites for hydroxylation is 1. The van der Waals surface area contributed by atoms with Gasteiger partial charge in [-0.1, -0.05) is 0 Å². The van der Waals surface area contributed by atoms with Crippen molar-refractivity contribution in [1.82, 2.24) is 34.8 Å². The van der Waals surface area contributed by atoms with Crippen molar-refractivity contribution < 1.29 is 35.9 Å². The van der Waals surface area contributed by atoms with Gasteiger partial charge in [0.05, 0.1) is 49.1 Å². The second-order valence-electron chi connectivity index (χ2n) is 7.29. The van der Waals surface area contributed by atoms with Crippen molar-refractivity contribution in [3.63, 3.8) is 0 Å². The maximum atomic E-state index is 12.3. The molecule has 0 bridgehead atoms. The van der Waals surface area contributed by atoms with Crippen molar-refractivity contribution >= 4 is 17.6 Å². The molecule has 9 nitrogen and oxygen atoms in total. The van der Waals surface area contributed by atoms with Crippen LogP contribution in [0.25, 0.3) is 5.78 Å². The summed E-state index contributed by atoms with van der Waals surface area (Å²) >= 11 is 0. The van der Waals surface area contributed by atoms with Gasteiger partial charge in [0.25, 0.3) is 5.91 Å². The quantitative estimate of drug-likeness (QED) is 0.448. The number of aromatic nitrogens is 5. The van der Waals surface area contributed by atoms with Gasteiger partial charge in [-0.3, -0.25) is 18.7 Å². The van der Waals surface area contributed by atoms with Gasteiger partial charge in [0.1, 0.15) is 0 Å². The van der Waals surface area contributed by atoms with Crippen molar-refractivity contribution in [2.45, 2.75) is 51.2 Å². The topological polar surface area (TPSA) is 106 Å². The highest BCUT2D eigenvalue weighted by Crippen LogP contribution is 2.21. The normalized spacial score (nSPS) is 12.2. The number of hydrogen-bond acceptors (Lipinski definition) is 5. The van der Waals surface area contributed by atoms with E-state index in [1.807, 2.05) is 0 Å². The van der Waals surface area contributed by atoms with Gasteiger partial charge in [-0.25, -0.2) is 9.97 Å². The molecule has 0 aliphatic rings. The van der Waals surface area contributed by atoms with E-state index in [2.05, 4.69) is 25.7 Å². The molecule has 0 radical (unpaired) electrons. The van der Waals surface area contributed by atoms with Gasteiger partial charge < -0.3 is 10.6 Å². The molecular weight excluding hydrogens is 472 g/mol. The van der Waals surface area contributed by atoms with E-state index >= 15 is 0 Å². The Labute approximate surface area is 188 Å². The largest absolute Gasteiger partial charge is 0.390 e. The van der Waals surface area contributed by atoms with E-state index in [0.717, 1.165) is 10.9 Å². The van der Waals surface area contributed by atoms with Gasteiger partial charge in [-0.15, -0.1) is 0 Å². The van der Waals surface area contributed by atoms with Crippen LogP contribution >= 0.6 is 0 Å². The molecule has 0 aromatic carbocycles. The molecule has 0 saturated carbocycles. The average Bonchev–Trinajstić information content (AvgIpc) is 3.38. The van der Waals surface area contributed by atoms with Crippen molar-refractivity contribution in [2.75, 3.05) is 0 Å². The van der Waals surface area contributed by atoms with Crippen LogP contribution in [0, 0.1) is 0 Å². The van der Waals surface area contributed by atoms with E-state index in [4.69, 9.17) is 0 Å². The zero-order chi connectivity index (χ0) is 24.9. The Hall–Kier alpha value is -3.65. The van der Waals surface area contributed by atoms with Gasteiger partial charge in [0.15, 0.2) is 0 Å². The third-order valence-electron chi connectivity index (χ3n) is 4.49. The van der Waals surface area contributed by atoms with Crippen molar-refractivity contribution in [3.05, 3.63) is 47.8 Å². The van der Waals surface area contributed by atoms with Crippen LogP contribution in [0.5, 0.6) is 0 Å². The molecule has 0 aliphatic heterocycles. The summed E-state index contributed by atoms with van der Waals surface area (Å²) in [5.41, 5.74) is 0.893. The number of imidazole rings is 1. The minimum Gasteiger partial charge on any atom is -0.350 e. The lowest BCUT2D eigenvalue weighted by atomic mass is 10.3. The second kappa shape index (κ2) is 10.1. The highest BCUT2D eigenvalue weighted by atomic mass is 19.4. The number of amides is 2. The lowest BCUT2D eigenvalue weighted by Crippen LogP contribution is -2.25. The van der Waals surface area contributed by atoms with Gasteiger partial charge in [0, 0.05) is 31.6 Å². The predicted octanol–water partition coefficient (Wildman–Crippen LogP) is 2.77. The molecule has 184 valence electrons. The van der Waals surface area contributed by atoms with E-state index in [1.54, 1.807) is 22.9 Å². The maximum Gasteiger partial charge on any atom is 0.390 e. The molecule has 34 heavy (non-hydrogen) atoms. The fourth-order valence-electron chi connectivity index (χ4n) is 2.79. The summed E-state index contributed by atoms with van der Waals surface area (Å²) in [6.45, 7) is -0.482. The molecule has 0 aliphatic carbocycles. The molecule has 3 aromatic rings. The van der Waals surface area contributed by atoms with Crippen LogP contribution in [-0.4, -0.2) is 48.3 Å². The number of halogens is 6. The van der Waals surface area contributed by atoms with Crippen molar-refractivity contribution in [1.29, 1.82) is 0 Å². The average molecular weight is 491 g/mol. The Morgan fingerprint density at radius 1 is 0.912 bits per heavy atom. The summed E-state index contributed by atoms with van der Waals surface area (Å²) in [6, 6.07) is 1.55. The fourth-order valence-corrected chi connectivity index (χ4v) is 2.79. The van der Waals surface area contributed by atoms with Crippen LogP contribution in [0.2, 0.25) is 0 Å². The lowest BCUT2D eigenvalue weighted by molar-refractivity contribution is -0.144. The maximum absolute atomic E-state index is 12.3. The number of fused-ring (bicyclic) bond motifs is 1. The van der Waals surface area contributed by atoms with Crippen LogP contribution in [0.3, 0.4) is 0 Å². The van der Waals surface area contributed by atoms with E-state index in [-0.39, 0.29) is 24.4 Å². The number of rotatable bonds is 9. The smallest absolute Gasteiger partial charge is 0.350 e. The first-order valence-electron chi connectivity index (χ1n) is 9.92. The second-order valence-corrected chi connectivity index (χ2v) is 7.29. The summed E-state index contributed by atoms with van der Waals surface area (Å²) in [4.78, 5) is 32.2. The summed E-state index contributed by atoms with van der Waals surface area (Å²) in [5, 5.41) is 8.66. The van der Waals surface area contributed by atoms with Gasteiger partial charge in [-0.2, -0.15) is 31.4 Å². The Morgan fingerprint density at radius 3 is 2.29 bits per heavy atom. The summed E-state index contributed by atoms with van der Waals surface area (Å²) < 4.78 is 75.9. The standard InChI is InChI=1S/C19H19F6N7O2/c20-18(21,22)3-1-15(33)26-8-13-2-5-31-11-14(30-17(31)29-13)9-27-16(34)12-7-28-32(10-12)6-4-19(23,24)25/h2,5,7,10-11H,1,3-4,6,8-9H2,(H,26,33)(H,27,34). The monoisotopic (exact) mass is 491 g/mol. The number of nitrogens with zero attached hydrogens (tertiary/aromatic N) is 5. The van der Waals surface area contributed by atoms with E-state index in [1.165, 1.54) is 6.20 Å². The highest BCUT2D eigenvalue weighted by Gasteiger charge is 2.28. The fraction of sp³-hybridized carbons (Fsp3) is 0.421. The SMILES string of the molecule is O=C(CCC(F)(F)F)NCc1ccn2cc(CNC(=O)c3cnn(CCC(F)(F)F)c3)nc2n1. The van der Waals surface area contributed by atoms with E-state index < -0.39 is 50.0 Å². The molecule has 0 spiro atoms. The molecule has 2 N–H and O–H groups in total. The minimum atomic E-state index is -4.41. The zero-order valence-electron chi connectivity index (χ0n) is 17.4. The van der Waals surface area contributed by atoms with Gasteiger partial charge in [0.2, 0.25) is 11.7 Å². The number of nitrogens with one attached hydrogen (secondary N) is 2. The highest BCUT2D eigenvalue weighted by molar-refractivity contribution is 5.93. The molecule has 0 saturated heterocycles. The van der Waals surface area contributed by atoms with E-state index in [9.17, 15) is 35.9 Å². The van der Waals surface area contributed by atoms with Crippen LogP contribution in [0.1, 0.15) is 41.0 Å². The molecule has 0 fully saturated rings. The van der Waals surface area contributed by atoms with Crippen LogP contribution in [0.4, 0.5) is 26.3 Å².